The largest absolute Gasteiger partial charge is 0.348 e. The molecule has 0 atom stereocenters. The second-order valence-electron chi connectivity index (χ2n) is 6.00. The fourth-order valence-corrected chi connectivity index (χ4v) is 3.39. The molecule has 0 aliphatic heterocycles. The number of halogens is 2. The standard InChI is InChI=1S/C21H17F2N3O2S/c1-14(27)26(19-9-5-4-8-18(19)23)21-25-16(13-29-21)10-11-20(28)24-12-15-6-2-3-7-17(15)22/h2-11,13H,12H2,1H3,(H,24,28)/b11-10+. The number of carbonyl (C=O) groups excluding carboxylic acids is 2. The Morgan fingerprint density at radius 1 is 1.10 bits per heavy atom. The topological polar surface area (TPSA) is 62.3 Å². The third-order valence-corrected chi connectivity index (χ3v) is 4.77. The average Bonchev–Trinajstić information content (AvgIpc) is 3.15. The molecule has 0 radical (unpaired) electrons. The lowest BCUT2D eigenvalue weighted by Crippen LogP contribution is -2.23. The summed E-state index contributed by atoms with van der Waals surface area (Å²) in [5.41, 5.74) is 0.924. The van der Waals surface area contributed by atoms with Crippen molar-refractivity contribution in [3.05, 3.63) is 82.9 Å². The minimum Gasteiger partial charge on any atom is -0.348 e. The second kappa shape index (κ2) is 9.20. The van der Waals surface area contributed by atoms with E-state index in [0.29, 0.717) is 11.3 Å². The van der Waals surface area contributed by atoms with Crippen LogP contribution in [0.5, 0.6) is 0 Å². The number of amides is 2. The molecule has 1 heterocycles. The molecular formula is C21H17F2N3O2S. The van der Waals surface area contributed by atoms with Gasteiger partial charge in [0.25, 0.3) is 0 Å². The van der Waals surface area contributed by atoms with E-state index in [-0.39, 0.29) is 23.3 Å². The minimum absolute atomic E-state index is 0.0591. The molecule has 2 aromatic carbocycles. The van der Waals surface area contributed by atoms with Crippen molar-refractivity contribution in [3.63, 3.8) is 0 Å². The quantitative estimate of drug-likeness (QED) is 0.608. The number of aromatic nitrogens is 1. The van der Waals surface area contributed by atoms with E-state index in [9.17, 15) is 18.4 Å². The lowest BCUT2D eigenvalue weighted by Gasteiger charge is -2.18. The highest BCUT2D eigenvalue weighted by molar-refractivity contribution is 7.14. The van der Waals surface area contributed by atoms with Gasteiger partial charge in [0.05, 0.1) is 11.4 Å². The first-order valence-corrected chi connectivity index (χ1v) is 9.53. The molecule has 2 amide bonds. The molecule has 0 unspecified atom stereocenters. The molecule has 1 N–H and O–H groups in total. The van der Waals surface area contributed by atoms with E-state index in [1.165, 1.54) is 48.2 Å². The van der Waals surface area contributed by atoms with E-state index in [0.717, 1.165) is 11.3 Å². The van der Waals surface area contributed by atoms with Crippen LogP contribution in [0.1, 0.15) is 18.2 Å². The Morgan fingerprint density at radius 3 is 2.48 bits per heavy atom. The minimum atomic E-state index is -0.539. The first kappa shape index (κ1) is 20.3. The van der Waals surface area contributed by atoms with Crippen LogP contribution in [0.25, 0.3) is 6.08 Å². The summed E-state index contributed by atoms with van der Waals surface area (Å²) in [5, 5.41) is 4.52. The lowest BCUT2D eigenvalue weighted by atomic mass is 10.2. The number of hydrogen-bond acceptors (Lipinski definition) is 4. The predicted molar refractivity (Wildman–Crippen MR) is 109 cm³/mol. The Bertz CT molecular complexity index is 1070. The number of para-hydroxylation sites is 1. The molecule has 0 fully saturated rings. The van der Waals surface area contributed by atoms with Crippen LogP contribution in [0.15, 0.2) is 60.0 Å². The van der Waals surface area contributed by atoms with Crippen molar-refractivity contribution in [2.75, 3.05) is 4.90 Å². The highest BCUT2D eigenvalue weighted by Gasteiger charge is 2.20. The summed E-state index contributed by atoms with van der Waals surface area (Å²) in [4.78, 5) is 29.5. The Hall–Kier alpha value is -3.39. The van der Waals surface area contributed by atoms with Gasteiger partial charge in [-0.2, -0.15) is 0 Å². The number of thiazole rings is 1. The molecular weight excluding hydrogens is 396 g/mol. The van der Waals surface area contributed by atoms with Crippen LogP contribution in [-0.2, 0) is 16.1 Å². The molecule has 0 bridgehead atoms. The summed E-state index contributed by atoms with van der Waals surface area (Å²) >= 11 is 1.15. The zero-order valence-corrected chi connectivity index (χ0v) is 16.2. The molecule has 8 heteroatoms. The maximum absolute atomic E-state index is 14.1. The van der Waals surface area contributed by atoms with Gasteiger partial charge < -0.3 is 5.32 Å². The van der Waals surface area contributed by atoms with E-state index in [2.05, 4.69) is 10.3 Å². The van der Waals surface area contributed by atoms with Gasteiger partial charge in [0.15, 0.2) is 5.13 Å². The summed E-state index contributed by atoms with van der Waals surface area (Å²) in [7, 11) is 0. The zero-order chi connectivity index (χ0) is 20.8. The molecule has 29 heavy (non-hydrogen) atoms. The summed E-state index contributed by atoms with van der Waals surface area (Å²) in [6.45, 7) is 1.38. The van der Waals surface area contributed by atoms with Crippen LogP contribution in [0.4, 0.5) is 19.6 Å². The Morgan fingerprint density at radius 2 is 1.79 bits per heavy atom. The monoisotopic (exact) mass is 413 g/mol. The van der Waals surface area contributed by atoms with Crippen molar-refractivity contribution < 1.29 is 18.4 Å². The molecule has 1 aromatic heterocycles. The highest BCUT2D eigenvalue weighted by Crippen LogP contribution is 2.30. The average molecular weight is 413 g/mol. The molecule has 0 aliphatic rings. The summed E-state index contributed by atoms with van der Waals surface area (Å²) < 4.78 is 27.7. The molecule has 0 aliphatic carbocycles. The van der Waals surface area contributed by atoms with Crippen LogP contribution in [0, 0.1) is 11.6 Å². The zero-order valence-electron chi connectivity index (χ0n) is 15.4. The fraction of sp³-hybridized carbons (Fsp3) is 0.0952. The van der Waals surface area contributed by atoms with Gasteiger partial charge in [0.2, 0.25) is 11.8 Å². The predicted octanol–water partition coefficient (Wildman–Crippen LogP) is 4.44. The smallest absolute Gasteiger partial charge is 0.244 e. The highest BCUT2D eigenvalue weighted by atomic mass is 32.1. The van der Waals surface area contributed by atoms with E-state index in [4.69, 9.17) is 0 Å². The van der Waals surface area contributed by atoms with Crippen molar-refractivity contribution in [1.82, 2.24) is 10.3 Å². The van der Waals surface area contributed by atoms with Crippen LogP contribution in [0.3, 0.4) is 0 Å². The molecule has 5 nitrogen and oxygen atoms in total. The SMILES string of the molecule is CC(=O)N(c1nc(/C=C/C(=O)NCc2ccccc2F)cs1)c1ccccc1F. The van der Waals surface area contributed by atoms with Crippen LogP contribution in [-0.4, -0.2) is 16.8 Å². The maximum Gasteiger partial charge on any atom is 0.244 e. The van der Waals surface area contributed by atoms with Gasteiger partial charge in [0.1, 0.15) is 11.6 Å². The van der Waals surface area contributed by atoms with Gasteiger partial charge in [-0.1, -0.05) is 30.3 Å². The number of nitrogens with one attached hydrogen (secondary N) is 1. The molecule has 3 rings (SSSR count). The normalized spacial score (nSPS) is 10.9. The number of benzene rings is 2. The van der Waals surface area contributed by atoms with E-state index in [1.54, 1.807) is 29.6 Å². The van der Waals surface area contributed by atoms with Gasteiger partial charge in [-0.3, -0.25) is 14.5 Å². The van der Waals surface area contributed by atoms with Crippen molar-refractivity contribution in [2.45, 2.75) is 13.5 Å². The lowest BCUT2D eigenvalue weighted by molar-refractivity contribution is -0.117. The number of carbonyl (C=O) groups is 2. The fourth-order valence-electron chi connectivity index (χ4n) is 2.54. The maximum atomic E-state index is 14.1. The first-order valence-electron chi connectivity index (χ1n) is 8.66. The number of rotatable bonds is 6. The summed E-state index contributed by atoms with van der Waals surface area (Å²) in [6.07, 6.45) is 2.73. The third-order valence-electron chi connectivity index (χ3n) is 3.93. The Kier molecular flexibility index (Phi) is 6.46. The number of nitrogens with zero attached hydrogens (tertiary/aromatic N) is 2. The van der Waals surface area contributed by atoms with Crippen LogP contribution < -0.4 is 10.2 Å². The van der Waals surface area contributed by atoms with Gasteiger partial charge in [-0.25, -0.2) is 13.8 Å². The van der Waals surface area contributed by atoms with Crippen LogP contribution in [0.2, 0.25) is 0 Å². The van der Waals surface area contributed by atoms with Crippen molar-refractivity contribution in [3.8, 4) is 0 Å². The number of hydrogen-bond donors (Lipinski definition) is 1. The van der Waals surface area contributed by atoms with Gasteiger partial charge in [-0.05, 0) is 24.3 Å². The van der Waals surface area contributed by atoms with E-state index in [1.807, 2.05) is 0 Å². The first-order chi connectivity index (χ1) is 14.0. The van der Waals surface area contributed by atoms with Crippen molar-refractivity contribution in [2.24, 2.45) is 0 Å². The Labute approximate surface area is 170 Å². The van der Waals surface area contributed by atoms with Gasteiger partial charge in [0, 0.05) is 30.5 Å². The molecule has 0 saturated heterocycles. The number of anilines is 2. The molecule has 0 saturated carbocycles. The second-order valence-corrected chi connectivity index (χ2v) is 6.84. The van der Waals surface area contributed by atoms with Crippen molar-refractivity contribution in [1.29, 1.82) is 0 Å². The molecule has 0 spiro atoms. The summed E-state index contributed by atoms with van der Waals surface area (Å²) in [6, 6.07) is 12.1. The molecule has 148 valence electrons. The third kappa shape index (κ3) is 5.11. The summed E-state index contributed by atoms with van der Waals surface area (Å²) in [5.74, 6) is -1.73. The van der Waals surface area contributed by atoms with Crippen molar-refractivity contribution >= 4 is 40.0 Å². The van der Waals surface area contributed by atoms with Gasteiger partial charge in [-0.15, -0.1) is 11.3 Å². The van der Waals surface area contributed by atoms with E-state index < -0.39 is 17.5 Å². The van der Waals surface area contributed by atoms with E-state index >= 15 is 0 Å². The molecule has 3 aromatic rings. The van der Waals surface area contributed by atoms with Gasteiger partial charge >= 0.3 is 0 Å². The Balaban J connectivity index is 1.69. The van der Waals surface area contributed by atoms with Crippen LogP contribution >= 0.6 is 11.3 Å².